The van der Waals surface area contributed by atoms with E-state index >= 15 is 0 Å². The maximum Gasteiger partial charge on any atom is 0.291 e. The molecule has 1 N–H and O–H groups in total. The van der Waals surface area contributed by atoms with Gasteiger partial charge in [-0.05, 0) is 37.1 Å². The molecule has 0 atom stereocenters. The fourth-order valence-electron chi connectivity index (χ4n) is 1.62. The minimum atomic E-state index is -0.211. The molecular weight excluding hydrogens is 214 g/mol. The summed E-state index contributed by atoms with van der Waals surface area (Å²) in [6.07, 6.45) is 2.51. The van der Waals surface area contributed by atoms with Crippen LogP contribution >= 0.6 is 0 Å². The van der Waals surface area contributed by atoms with Crippen LogP contribution < -0.4 is 5.32 Å². The zero-order valence-corrected chi connectivity index (χ0v) is 9.99. The van der Waals surface area contributed by atoms with Crippen molar-refractivity contribution in [3.63, 3.8) is 0 Å². The van der Waals surface area contributed by atoms with E-state index < -0.39 is 0 Å². The van der Waals surface area contributed by atoms with E-state index in [0.29, 0.717) is 5.76 Å². The Labute approximate surface area is 100 Å². The van der Waals surface area contributed by atoms with Crippen LogP contribution in [-0.4, -0.2) is 5.91 Å². The fraction of sp³-hybridized carbons (Fsp3) is 0.214. The number of carbonyl (C=O) groups excluding carboxylic acids is 1. The standard InChI is InChI=1S/C14H15NO2/c1-3-11-4-6-12(7-5-11)15-14(16)13-10(2)8-9-17-13/h4-9H,3H2,1-2H3,(H,15,16). The summed E-state index contributed by atoms with van der Waals surface area (Å²) in [6.45, 7) is 3.94. The van der Waals surface area contributed by atoms with Crippen molar-refractivity contribution in [2.24, 2.45) is 0 Å². The van der Waals surface area contributed by atoms with Crippen LogP contribution in [0.4, 0.5) is 5.69 Å². The predicted octanol–water partition coefficient (Wildman–Crippen LogP) is 3.40. The second kappa shape index (κ2) is 4.87. The molecule has 0 saturated heterocycles. The number of anilines is 1. The van der Waals surface area contributed by atoms with Gasteiger partial charge in [0.15, 0.2) is 5.76 Å². The second-order valence-corrected chi connectivity index (χ2v) is 3.94. The summed E-state index contributed by atoms with van der Waals surface area (Å²) in [5.74, 6) is 0.154. The quantitative estimate of drug-likeness (QED) is 0.876. The Balaban J connectivity index is 2.10. The number of rotatable bonds is 3. The first-order valence-corrected chi connectivity index (χ1v) is 5.65. The van der Waals surface area contributed by atoms with Crippen molar-refractivity contribution in [3.8, 4) is 0 Å². The SMILES string of the molecule is CCc1ccc(NC(=O)c2occc2C)cc1. The lowest BCUT2D eigenvalue weighted by Crippen LogP contribution is -2.11. The number of amides is 1. The number of carbonyl (C=O) groups is 1. The molecule has 17 heavy (non-hydrogen) atoms. The van der Waals surface area contributed by atoms with E-state index in [4.69, 9.17) is 4.42 Å². The highest BCUT2D eigenvalue weighted by Crippen LogP contribution is 2.14. The molecule has 0 aliphatic rings. The molecule has 2 rings (SSSR count). The Morgan fingerprint density at radius 2 is 1.94 bits per heavy atom. The number of benzene rings is 1. The van der Waals surface area contributed by atoms with Crippen LogP contribution in [-0.2, 0) is 6.42 Å². The van der Waals surface area contributed by atoms with Gasteiger partial charge in [0.25, 0.3) is 5.91 Å². The Kier molecular flexibility index (Phi) is 3.28. The summed E-state index contributed by atoms with van der Waals surface area (Å²) in [6, 6.07) is 9.58. The highest BCUT2D eigenvalue weighted by molar-refractivity contribution is 6.03. The highest BCUT2D eigenvalue weighted by Gasteiger charge is 2.12. The molecular formula is C14H15NO2. The topological polar surface area (TPSA) is 42.2 Å². The third-order valence-electron chi connectivity index (χ3n) is 2.69. The predicted molar refractivity (Wildman–Crippen MR) is 67.2 cm³/mol. The lowest BCUT2D eigenvalue weighted by Gasteiger charge is -2.04. The summed E-state index contributed by atoms with van der Waals surface area (Å²) in [4.78, 5) is 11.8. The molecule has 1 aromatic carbocycles. The van der Waals surface area contributed by atoms with Crippen molar-refractivity contribution in [2.75, 3.05) is 5.32 Å². The van der Waals surface area contributed by atoms with E-state index in [1.807, 2.05) is 31.2 Å². The molecule has 0 radical (unpaired) electrons. The minimum absolute atomic E-state index is 0.211. The van der Waals surface area contributed by atoms with Crippen LogP contribution in [0.3, 0.4) is 0 Å². The average Bonchev–Trinajstić information content (AvgIpc) is 2.76. The van der Waals surface area contributed by atoms with Gasteiger partial charge < -0.3 is 9.73 Å². The normalized spacial score (nSPS) is 10.2. The van der Waals surface area contributed by atoms with Crippen LogP contribution in [0.15, 0.2) is 41.0 Å². The number of furan rings is 1. The molecule has 3 nitrogen and oxygen atoms in total. The van der Waals surface area contributed by atoms with Crippen LogP contribution in [0.2, 0.25) is 0 Å². The fourth-order valence-corrected chi connectivity index (χ4v) is 1.62. The van der Waals surface area contributed by atoms with Crippen molar-refractivity contribution in [3.05, 3.63) is 53.5 Å². The van der Waals surface area contributed by atoms with Gasteiger partial charge in [0.1, 0.15) is 0 Å². The molecule has 1 heterocycles. The van der Waals surface area contributed by atoms with E-state index in [1.165, 1.54) is 11.8 Å². The average molecular weight is 229 g/mol. The summed E-state index contributed by atoms with van der Waals surface area (Å²) in [5.41, 5.74) is 2.87. The summed E-state index contributed by atoms with van der Waals surface area (Å²) in [7, 11) is 0. The van der Waals surface area contributed by atoms with E-state index in [0.717, 1.165) is 17.7 Å². The molecule has 2 aromatic rings. The van der Waals surface area contributed by atoms with Gasteiger partial charge in [-0.15, -0.1) is 0 Å². The van der Waals surface area contributed by atoms with Gasteiger partial charge in [-0.1, -0.05) is 19.1 Å². The first-order valence-electron chi connectivity index (χ1n) is 5.65. The van der Waals surface area contributed by atoms with Crippen LogP contribution in [0.5, 0.6) is 0 Å². The van der Waals surface area contributed by atoms with Crippen molar-refractivity contribution < 1.29 is 9.21 Å². The lowest BCUT2D eigenvalue weighted by atomic mass is 10.1. The molecule has 0 aliphatic carbocycles. The summed E-state index contributed by atoms with van der Waals surface area (Å²) < 4.78 is 5.13. The molecule has 0 bridgehead atoms. The molecule has 3 heteroatoms. The third kappa shape index (κ3) is 2.56. The van der Waals surface area contributed by atoms with Crippen molar-refractivity contribution in [2.45, 2.75) is 20.3 Å². The number of aryl methyl sites for hydroxylation is 2. The minimum Gasteiger partial charge on any atom is -0.459 e. The van der Waals surface area contributed by atoms with Gasteiger partial charge >= 0.3 is 0 Å². The molecule has 1 amide bonds. The van der Waals surface area contributed by atoms with Crippen molar-refractivity contribution in [1.82, 2.24) is 0 Å². The van der Waals surface area contributed by atoms with Crippen LogP contribution in [0.1, 0.15) is 28.6 Å². The van der Waals surface area contributed by atoms with Gasteiger partial charge in [0.2, 0.25) is 0 Å². The van der Waals surface area contributed by atoms with E-state index in [1.54, 1.807) is 6.07 Å². The van der Waals surface area contributed by atoms with Gasteiger partial charge in [-0.25, -0.2) is 0 Å². The Morgan fingerprint density at radius 1 is 1.24 bits per heavy atom. The maximum absolute atomic E-state index is 11.8. The van der Waals surface area contributed by atoms with Crippen molar-refractivity contribution >= 4 is 11.6 Å². The van der Waals surface area contributed by atoms with Gasteiger partial charge in [-0.2, -0.15) is 0 Å². The van der Waals surface area contributed by atoms with Gasteiger partial charge in [0.05, 0.1) is 6.26 Å². The Bertz CT molecular complexity index is 511. The Morgan fingerprint density at radius 3 is 2.47 bits per heavy atom. The molecule has 0 unspecified atom stereocenters. The smallest absolute Gasteiger partial charge is 0.291 e. The first-order chi connectivity index (χ1) is 8.20. The zero-order valence-electron chi connectivity index (χ0n) is 9.99. The maximum atomic E-state index is 11.8. The number of hydrogen-bond acceptors (Lipinski definition) is 2. The van der Waals surface area contributed by atoms with E-state index in [-0.39, 0.29) is 5.91 Å². The molecule has 0 spiro atoms. The van der Waals surface area contributed by atoms with Gasteiger partial charge in [-0.3, -0.25) is 4.79 Å². The second-order valence-electron chi connectivity index (χ2n) is 3.94. The van der Waals surface area contributed by atoms with Crippen LogP contribution in [0, 0.1) is 6.92 Å². The van der Waals surface area contributed by atoms with E-state index in [9.17, 15) is 4.79 Å². The highest BCUT2D eigenvalue weighted by atomic mass is 16.3. The summed E-state index contributed by atoms with van der Waals surface area (Å²) >= 11 is 0. The number of hydrogen-bond donors (Lipinski definition) is 1. The molecule has 1 aromatic heterocycles. The van der Waals surface area contributed by atoms with E-state index in [2.05, 4.69) is 12.2 Å². The third-order valence-corrected chi connectivity index (χ3v) is 2.69. The van der Waals surface area contributed by atoms with Gasteiger partial charge in [0, 0.05) is 11.3 Å². The first kappa shape index (κ1) is 11.5. The largest absolute Gasteiger partial charge is 0.459 e. The van der Waals surface area contributed by atoms with Crippen LogP contribution in [0.25, 0.3) is 0 Å². The zero-order chi connectivity index (χ0) is 12.3. The van der Waals surface area contributed by atoms with Crippen molar-refractivity contribution in [1.29, 1.82) is 0 Å². The molecule has 88 valence electrons. The number of nitrogens with one attached hydrogen (secondary N) is 1. The monoisotopic (exact) mass is 229 g/mol. The Hall–Kier alpha value is -2.03. The molecule has 0 fully saturated rings. The molecule has 0 aliphatic heterocycles. The lowest BCUT2D eigenvalue weighted by molar-refractivity contribution is 0.0996. The molecule has 0 saturated carbocycles. The summed E-state index contributed by atoms with van der Waals surface area (Å²) in [5, 5.41) is 2.80.